The van der Waals surface area contributed by atoms with Crippen LogP contribution in [0.25, 0.3) is 10.4 Å². The zero-order valence-electron chi connectivity index (χ0n) is 15.3. The third-order valence-electron chi connectivity index (χ3n) is 5.19. The van der Waals surface area contributed by atoms with Crippen LogP contribution in [0, 0.1) is 17.1 Å². The van der Waals surface area contributed by atoms with Crippen molar-refractivity contribution in [1.82, 2.24) is 0 Å². The van der Waals surface area contributed by atoms with E-state index in [1.54, 1.807) is 45.0 Å². The highest BCUT2D eigenvalue weighted by Crippen LogP contribution is 2.44. The number of rotatable bonds is 3. The second-order valence-corrected chi connectivity index (χ2v) is 10.6. The minimum Gasteiger partial charge on any atom is -0.386 e. The quantitative estimate of drug-likeness (QED) is 0.844. The van der Waals surface area contributed by atoms with Crippen LogP contribution < -0.4 is 5.73 Å². The van der Waals surface area contributed by atoms with E-state index in [0.29, 0.717) is 22.4 Å². The Morgan fingerprint density at radius 3 is 2.67 bits per heavy atom. The summed E-state index contributed by atoms with van der Waals surface area (Å²) < 4.78 is 39.4. The number of hydrogen-bond donors (Lipinski definition) is 1. The minimum absolute atomic E-state index is 0.0135. The molecule has 142 valence electrons. The van der Waals surface area contributed by atoms with Gasteiger partial charge in [-0.05, 0) is 44.0 Å². The van der Waals surface area contributed by atoms with Gasteiger partial charge in [-0.25, -0.2) is 12.8 Å². The Kier molecular flexibility index (Phi) is 4.65. The molecule has 0 spiro atoms. The van der Waals surface area contributed by atoms with Crippen LogP contribution in [0.5, 0.6) is 0 Å². The first-order valence-electron chi connectivity index (χ1n) is 8.45. The number of hydrogen-bond acceptors (Lipinski definition) is 6. The molecular weight excluding hydrogens is 385 g/mol. The molecule has 0 amide bonds. The molecular formula is C19H20FN3O2S2. The molecule has 0 aliphatic carbocycles. The van der Waals surface area contributed by atoms with Gasteiger partial charge in [-0.15, -0.1) is 11.3 Å². The van der Waals surface area contributed by atoms with E-state index in [2.05, 4.69) is 11.1 Å². The average molecular weight is 406 g/mol. The molecule has 0 radical (unpaired) electrons. The van der Waals surface area contributed by atoms with E-state index in [1.807, 2.05) is 0 Å². The van der Waals surface area contributed by atoms with Gasteiger partial charge < -0.3 is 5.73 Å². The molecule has 0 fully saturated rings. The summed E-state index contributed by atoms with van der Waals surface area (Å²) in [7, 11) is -3.62. The molecule has 2 aromatic rings. The number of nitrogens with two attached hydrogens (primary N) is 1. The Morgan fingerprint density at radius 2 is 2.07 bits per heavy atom. The van der Waals surface area contributed by atoms with E-state index in [0.717, 1.165) is 11.3 Å². The number of nitriles is 1. The molecule has 5 nitrogen and oxygen atoms in total. The van der Waals surface area contributed by atoms with Crippen molar-refractivity contribution in [2.45, 2.75) is 37.5 Å². The lowest BCUT2D eigenvalue weighted by Gasteiger charge is -2.38. The molecule has 1 aromatic heterocycles. The van der Waals surface area contributed by atoms with Gasteiger partial charge >= 0.3 is 0 Å². The Labute approximate surface area is 162 Å². The highest BCUT2D eigenvalue weighted by molar-refractivity contribution is 7.93. The second-order valence-electron chi connectivity index (χ2n) is 7.09. The number of benzene rings is 1. The lowest BCUT2D eigenvalue weighted by Crippen LogP contribution is -2.56. The molecule has 1 aromatic carbocycles. The monoisotopic (exact) mass is 405 g/mol. The van der Waals surface area contributed by atoms with Crippen molar-refractivity contribution in [3.63, 3.8) is 0 Å². The predicted molar refractivity (Wildman–Crippen MR) is 106 cm³/mol. The molecule has 3 rings (SSSR count). The molecule has 0 unspecified atom stereocenters. The van der Waals surface area contributed by atoms with Crippen LogP contribution >= 0.6 is 11.3 Å². The lowest BCUT2D eigenvalue weighted by molar-refractivity contribution is 0.479. The van der Waals surface area contributed by atoms with E-state index < -0.39 is 25.9 Å². The number of sulfone groups is 1. The molecule has 1 aliphatic heterocycles. The van der Waals surface area contributed by atoms with Gasteiger partial charge in [-0.3, -0.25) is 4.99 Å². The molecule has 0 bridgehead atoms. The summed E-state index contributed by atoms with van der Waals surface area (Å²) in [6.45, 7) is 4.90. The molecule has 8 heteroatoms. The number of halogens is 1. The van der Waals surface area contributed by atoms with Crippen molar-refractivity contribution < 1.29 is 12.8 Å². The fourth-order valence-corrected chi connectivity index (χ4v) is 6.53. The fraction of sp³-hybridized carbons (Fsp3) is 0.368. The van der Waals surface area contributed by atoms with Gasteiger partial charge in [0.1, 0.15) is 21.9 Å². The van der Waals surface area contributed by atoms with E-state index in [-0.39, 0.29) is 16.5 Å². The van der Waals surface area contributed by atoms with E-state index >= 15 is 0 Å². The van der Waals surface area contributed by atoms with Crippen molar-refractivity contribution in [2.24, 2.45) is 10.7 Å². The van der Waals surface area contributed by atoms with Crippen LogP contribution in [0.1, 0.15) is 37.6 Å². The number of amidine groups is 1. The summed E-state index contributed by atoms with van der Waals surface area (Å²) in [5, 5.41) is 9.05. The highest BCUT2D eigenvalue weighted by atomic mass is 32.2. The summed E-state index contributed by atoms with van der Waals surface area (Å²) >= 11 is 1.14. The topological polar surface area (TPSA) is 96.3 Å². The number of nitrogens with zero attached hydrogens (tertiary/aromatic N) is 2. The van der Waals surface area contributed by atoms with Gasteiger partial charge in [-0.1, -0.05) is 19.1 Å². The molecule has 0 saturated carbocycles. The van der Waals surface area contributed by atoms with Crippen molar-refractivity contribution in [3.05, 3.63) is 46.6 Å². The standard InChI is InChI=1S/C19H20FN3O2S2/c1-4-19(3)17(22)23-18(2,11-27(19,24)25)16-14(20)9-15(26-16)13-7-5-6-12(8-13)10-21/h5-9H,4,11H2,1-3H3,(H2,22,23)/t18-,19-/m0/s1. The summed E-state index contributed by atoms with van der Waals surface area (Å²) in [5.74, 6) is -0.813. The minimum atomic E-state index is -3.62. The fourth-order valence-electron chi connectivity index (χ4n) is 3.24. The van der Waals surface area contributed by atoms with Gasteiger partial charge in [0.15, 0.2) is 9.84 Å². The van der Waals surface area contributed by atoms with Gasteiger partial charge in [0.2, 0.25) is 0 Å². The first-order chi connectivity index (χ1) is 12.6. The SMILES string of the molecule is CC[C@@]1(C)C(N)=N[C@](C)(c2sc(-c3cccc(C#N)c3)cc2F)CS1(=O)=O. The van der Waals surface area contributed by atoms with Gasteiger partial charge in [-0.2, -0.15) is 5.26 Å². The average Bonchev–Trinajstić information content (AvgIpc) is 3.02. The van der Waals surface area contributed by atoms with Crippen LogP contribution in [0.2, 0.25) is 0 Å². The Balaban J connectivity index is 2.12. The molecule has 2 N–H and O–H groups in total. The molecule has 27 heavy (non-hydrogen) atoms. The van der Waals surface area contributed by atoms with Crippen molar-refractivity contribution in [1.29, 1.82) is 5.26 Å². The van der Waals surface area contributed by atoms with Crippen LogP contribution in [0.4, 0.5) is 4.39 Å². The first-order valence-corrected chi connectivity index (χ1v) is 10.9. The number of thiophene rings is 1. The highest BCUT2D eigenvalue weighted by Gasteiger charge is 2.51. The maximum absolute atomic E-state index is 14.8. The van der Waals surface area contributed by atoms with Crippen LogP contribution in [-0.4, -0.2) is 24.8 Å². The van der Waals surface area contributed by atoms with Crippen molar-refractivity contribution >= 4 is 27.0 Å². The third-order valence-corrected chi connectivity index (χ3v) is 9.42. The molecule has 0 saturated heterocycles. The van der Waals surface area contributed by atoms with Crippen molar-refractivity contribution in [2.75, 3.05) is 5.75 Å². The summed E-state index contributed by atoms with van der Waals surface area (Å²) in [4.78, 5) is 5.27. The van der Waals surface area contributed by atoms with Gasteiger partial charge in [0, 0.05) is 4.88 Å². The van der Waals surface area contributed by atoms with Gasteiger partial charge in [0.25, 0.3) is 0 Å². The third kappa shape index (κ3) is 3.05. The Hall–Kier alpha value is -2.24. The number of aliphatic imine (C=N–C) groups is 1. The van der Waals surface area contributed by atoms with Crippen LogP contribution in [0.3, 0.4) is 0 Å². The smallest absolute Gasteiger partial charge is 0.165 e. The Bertz CT molecular complexity index is 1080. The largest absolute Gasteiger partial charge is 0.386 e. The summed E-state index contributed by atoms with van der Waals surface area (Å²) in [5.41, 5.74) is 5.92. The summed E-state index contributed by atoms with van der Waals surface area (Å²) in [6, 6.07) is 10.2. The molecule has 1 aliphatic rings. The second kappa shape index (κ2) is 6.43. The maximum Gasteiger partial charge on any atom is 0.165 e. The maximum atomic E-state index is 14.8. The zero-order valence-corrected chi connectivity index (χ0v) is 16.9. The molecule has 2 atom stereocenters. The predicted octanol–water partition coefficient (Wildman–Crippen LogP) is 3.60. The zero-order chi connectivity index (χ0) is 20.0. The normalized spacial score (nSPS) is 27.0. The van der Waals surface area contributed by atoms with E-state index in [1.165, 1.54) is 6.07 Å². The van der Waals surface area contributed by atoms with Crippen LogP contribution in [-0.2, 0) is 15.4 Å². The Morgan fingerprint density at radius 1 is 1.37 bits per heavy atom. The van der Waals surface area contributed by atoms with E-state index in [9.17, 15) is 12.8 Å². The summed E-state index contributed by atoms with van der Waals surface area (Å²) in [6.07, 6.45) is 0.305. The van der Waals surface area contributed by atoms with E-state index in [4.69, 9.17) is 11.0 Å². The van der Waals surface area contributed by atoms with Crippen LogP contribution in [0.15, 0.2) is 35.3 Å². The van der Waals surface area contributed by atoms with Gasteiger partial charge in [0.05, 0.1) is 22.3 Å². The lowest BCUT2D eigenvalue weighted by atomic mass is 10.00. The molecule has 2 heterocycles. The van der Waals surface area contributed by atoms with Crippen molar-refractivity contribution in [3.8, 4) is 16.5 Å². The first kappa shape index (κ1) is 19.5.